The van der Waals surface area contributed by atoms with E-state index in [1.165, 1.54) is 24.3 Å². The molecule has 0 aliphatic heterocycles. The first kappa shape index (κ1) is 20.1. The summed E-state index contributed by atoms with van der Waals surface area (Å²) in [5.41, 5.74) is -0.638. The van der Waals surface area contributed by atoms with Gasteiger partial charge in [0.15, 0.2) is 0 Å². The second kappa shape index (κ2) is 7.78. The predicted molar refractivity (Wildman–Crippen MR) is 89.6 cm³/mol. The average Bonchev–Trinajstić information content (AvgIpc) is 2.54. The number of carboxylic acid groups (broad SMARTS) is 2. The molecule has 5 N–H and O–H groups in total. The van der Waals surface area contributed by atoms with Crippen molar-refractivity contribution >= 4 is 11.9 Å². The second-order valence-electron chi connectivity index (χ2n) is 5.56. The van der Waals surface area contributed by atoms with Crippen molar-refractivity contribution in [3.8, 4) is 5.75 Å². The van der Waals surface area contributed by atoms with Crippen LogP contribution >= 0.6 is 0 Å². The van der Waals surface area contributed by atoms with Gasteiger partial charge in [-0.2, -0.15) is 0 Å². The van der Waals surface area contributed by atoms with Crippen LogP contribution in [0.5, 0.6) is 5.75 Å². The number of benzene rings is 2. The lowest BCUT2D eigenvalue weighted by Crippen LogP contribution is -2.54. The quantitative estimate of drug-likeness (QED) is 0.719. The molecule has 7 nitrogen and oxygen atoms in total. The van der Waals surface area contributed by atoms with Crippen molar-refractivity contribution in [1.82, 2.24) is 0 Å². The fourth-order valence-corrected chi connectivity index (χ4v) is 2.32. The Morgan fingerprint density at radius 3 is 1.76 bits per heavy atom. The van der Waals surface area contributed by atoms with Crippen molar-refractivity contribution in [2.45, 2.75) is 25.6 Å². The van der Waals surface area contributed by atoms with Crippen LogP contribution in [0, 0.1) is 13.8 Å². The maximum atomic E-state index is 12.0. The summed E-state index contributed by atoms with van der Waals surface area (Å²) in [6, 6.07) is 12.6. The van der Waals surface area contributed by atoms with Crippen LogP contribution in [0.15, 0.2) is 48.5 Å². The van der Waals surface area contributed by atoms with E-state index in [-0.39, 0.29) is 16.8 Å². The monoisotopic (exact) mass is 348 g/mol. The van der Waals surface area contributed by atoms with Crippen LogP contribution in [0.4, 0.5) is 0 Å². The third-order valence-electron chi connectivity index (χ3n) is 3.72. The van der Waals surface area contributed by atoms with Gasteiger partial charge >= 0.3 is 11.9 Å². The molecule has 0 heterocycles. The van der Waals surface area contributed by atoms with Crippen LogP contribution in [0.25, 0.3) is 0 Å². The summed E-state index contributed by atoms with van der Waals surface area (Å²) in [6.45, 7) is 3.65. The molecular weight excluding hydrogens is 328 g/mol. The second-order valence-corrected chi connectivity index (χ2v) is 5.56. The normalized spacial score (nSPS) is 13.9. The van der Waals surface area contributed by atoms with Crippen LogP contribution < -0.4 is 4.74 Å². The lowest BCUT2D eigenvalue weighted by molar-refractivity contribution is -0.180. The number of aliphatic carboxylic acids is 2. The summed E-state index contributed by atoms with van der Waals surface area (Å²) in [7, 11) is 0. The van der Waals surface area contributed by atoms with Gasteiger partial charge in [-0.1, -0.05) is 47.5 Å². The fourth-order valence-electron chi connectivity index (χ4n) is 2.32. The maximum absolute atomic E-state index is 12.0. The Morgan fingerprint density at radius 2 is 1.36 bits per heavy atom. The number of aryl methyl sites for hydroxylation is 2. The van der Waals surface area contributed by atoms with Crippen LogP contribution in [0.2, 0.25) is 0 Å². The number of carboxylic acids is 2. The van der Waals surface area contributed by atoms with Crippen LogP contribution in [0.1, 0.15) is 16.7 Å². The lowest BCUT2D eigenvalue weighted by atomic mass is 9.87. The highest BCUT2D eigenvalue weighted by Gasteiger charge is 2.53. The van der Waals surface area contributed by atoms with Gasteiger partial charge in [0.2, 0.25) is 6.10 Å². The van der Waals surface area contributed by atoms with Crippen molar-refractivity contribution in [3.63, 3.8) is 0 Å². The molecule has 0 fully saturated rings. The SMILES string of the molecule is Cc1ccc(OC(C(=O)O)(c2ccc(C)cc2)C(O)C(=O)O)cc1.O. The molecule has 0 amide bonds. The van der Waals surface area contributed by atoms with Gasteiger partial charge in [-0.3, -0.25) is 0 Å². The number of aliphatic hydroxyl groups is 1. The van der Waals surface area contributed by atoms with E-state index in [0.717, 1.165) is 11.1 Å². The Bertz CT molecular complexity index is 737. The Labute approximate surface area is 144 Å². The van der Waals surface area contributed by atoms with Gasteiger partial charge in [0.05, 0.1) is 0 Å². The lowest BCUT2D eigenvalue weighted by Gasteiger charge is -2.33. The summed E-state index contributed by atoms with van der Waals surface area (Å²) < 4.78 is 5.54. The van der Waals surface area contributed by atoms with Gasteiger partial charge in [0.25, 0.3) is 5.60 Å². The van der Waals surface area contributed by atoms with Gasteiger partial charge in [0, 0.05) is 5.56 Å². The van der Waals surface area contributed by atoms with Crippen molar-refractivity contribution in [2.75, 3.05) is 0 Å². The van der Waals surface area contributed by atoms with E-state index in [9.17, 15) is 24.9 Å². The van der Waals surface area contributed by atoms with Crippen molar-refractivity contribution in [2.24, 2.45) is 0 Å². The summed E-state index contributed by atoms with van der Waals surface area (Å²) in [5.74, 6) is -3.14. The van der Waals surface area contributed by atoms with E-state index in [1.807, 2.05) is 6.92 Å². The number of hydrogen-bond acceptors (Lipinski definition) is 4. The Hall–Kier alpha value is -2.90. The standard InChI is InChI=1S/C18H18O6.H2O/c1-11-3-7-13(8-4-11)18(17(22)23,15(19)16(20)21)24-14-9-5-12(2)6-10-14;/h3-10,15,19H,1-2H3,(H,20,21)(H,22,23);1H2. The van der Waals surface area contributed by atoms with Gasteiger partial charge < -0.3 is 25.5 Å². The first-order chi connectivity index (χ1) is 11.3. The summed E-state index contributed by atoms with van der Waals surface area (Å²) in [5, 5.41) is 29.1. The highest BCUT2D eigenvalue weighted by Crippen LogP contribution is 2.33. The Morgan fingerprint density at radius 1 is 0.920 bits per heavy atom. The predicted octanol–water partition coefficient (Wildman–Crippen LogP) is 1.28. The minimum Gasteiger partial charge on any atom is -0.479 e. The molecule has 0 aromatic heterocycles. The molecule has 134 valence electrons. The first-order valence-corrected chi connectivity index (χ1v) is 7.24. The molecular formula is C18H20O7. The summed E-state index contributed by atoms with van der Waals surface area (Å²) in [6.07, 6.45) is -2.29. The minimum atomic E-state index is -2.46. The van der Waals surface area contributed by atoms with E-state index in [1.54, 1.807) is 31.2 Å². The summed E-state index contributed by atoms with van der Waals surface area (Å²) in [4.78, 5) is 23.3. The van der Waals surface area contributed by atoms with Crippen molar-refractivity contribution in [3.05, 3.63) is 65.2 Å². The molecule has 2 aromatic rings. The van der Waals surface area contributed by atoms with Gasteiger partial charge in [-0.15, -0.1) is 0 Å². The van der Waals surface area contributed by atoms with Crippen molar-refractivity contribution < 1.29 is 35.1 Å². The zero-order chi connectivity index (χ0) is 17.9. The zero-order valence-electron chi connectivity index (χ0n) is 13.8. The van der Waals surface area contributed by atoms with E-state index in [4.69, 9.17) is 4.74 Å². The smallest absolute Gasteiger partial charge is 0.356 e. The maximum Gasteiger partial charge on any atom is 0.356 e. The third kappa shape index (κ3) is 3.96. The molecule has 2 aromatic carbocycles. The average molecular weight is 348 g/mol. The number of aliphatic hydroxyl groups excluding tert-OH is 1. The fraction of sp³-hybridized carbons (Fsp3) is 0.222. The van der Waals surface area contributed by atoms with E-state index in [2.05, 4.69) is 0 Å². The molecule has 0 saturated carbocycles. The molecule has 25 heavy (non-hydrogen) atoms. The largest absolute Gasteiger partial charge is 0.479 e. The number of ether oxygens (including phenoxy) is 1. The molecule has 0 bridgehead atoms. The molecule has 2 unspecified atom stereocenters. The third-order valence-corrected chi connectivity index (χ3v) is 3.72. The molecule has 2 rings (SSSR count). The number of hydrogen-bond donors (Lipinski definition) is 3. The first-order valence-electron chi connectivity index (χ1n) is 7.24. The van der Waals surface area contributed by atoms with Gasteiger partial charge in [-0.25, -0.2) is 9.59 Å². The minimum absolute atomic E-state index is 0. The topological polar surface area (TPSA) is 136 Å². The molecule has 7 heteroatoms. The molecule has 0 aliphatic rings. The summed E-state index contributed by atoms with van der Waals surface area (Å²) >= 11 is 0. The van der Waals surface area contributed by atoms with Crippen LogP contribution in [-0.2, 0) is 15.2 Å². The number of rotatable bonds is 6. The number of carbonyl (C=O) groups is 2. The zero-order valence-corrected chi connectivity index (χ0v) is 13.8. The van der Waals surface area contributed by atoms with Gasteiger partial charge in [0.1, 0.15) is 5.75 Å². The van der Waals surface area contributed by atoms with Crippen LogP contribution in [-0.4, -0.2) is 38.8 Å². The van der Waals surface area contributed by atoms with Gasteiger partial charge in [-0.05, 0) is 26.0 Å². The van der Waals surface area contributed by atoms with E-state index >= 15 is 0 Å². The Balaban J connectivity index is 0.00000312. The molecule has 0 spiro atoms. The van der Waals surface area contributed by atoms with Crippen molar-refractivity contribution in [1.29, 1.82) is 0 Å². The molecule has 2 atom stereocenters. The highest BCUT2D eigenvalue weighted by atomic mass is 16.5. The van der Waals surface area contributed by atoms with E-state index < -0.39 is 23.6 Å². The molecule has 0 radical (unpaired) electrons. The Kier molecular flexibility index (Phi) is 6.27. The van der Waals surface area contributed by atoms with Crippen LogP contribution in [0.3, 0.4) is 0 Å². The molecule has 0 aliphatic carbocycles. The highest BCUT2D eigenvalue weighted by molar-refractivity contribution is 5.89. The van der Waals surface area contributed by atoms with E-state index in [0.29, 0.717) is 0 Å². The molecule has 0 saturated heterocycles.